The van der Waals surface area contributed by atoms with Crippen LogP contribution >= 0.6 is 0 Å². The lowest BCUT2D eigenvalue weighted by atomic mass is 9.92. The van der Waals surface area contributed by atoms with Gasteiger partial charge in [-0.2, -0.15) is 5.26 Å². The van der Waals surface area contributed by atoms with Gasteiger partial charge in [0.25, 0.3) is 0 Å². The maximum Gasteiger partial charge on any atom is 0.0885 e. The number of benzene rings is 1. The molecule has 2 heteroatoms. The number of hydrogen-bond donors (Lipinski definition) is 0. The Hall–Kier alpha value is -1.88. The van der Waals surface area contributed by atoms with Gasteiger partial charge in [-0.3, -0.25) is 4.98 Å². The van der Waals surface area contributed by atoms with E-state index in [1.807, 2.05) is 18.5 Å². The van der Waals surface area contributed by atoms with E-state index in [4.69, 9.17) is 0 Å². The lowest BCUT2D eigenvalue weighted by Gasteiger charge is -2.09. The summed E-state index contributed by atoms with van der Waals surface area (Å²) >= 11 is 0. The molecule has 17 heavy (non-hydrogen) atoms. The van der Waals surface area contributed by atoms with Crippen molar-refractivity contribution in [2.75, 3.05) is 0 Å². The molecule has 2 saturated carbocycles. The Bertz CT molecular complexity index is 664. The number of hydrogen-bond acceptors (Lipinski definition) is 2. The van der Waals surface area contributed by atoms with Crippen LogP contribution in [-0.2, 0) is 5.41 Å². The first-order valence-electron chi connectivity index (χ1n) is 6.05. The molecule has 0 N–H and O–H groups in total. The zero-order valence-electron chi connectivity index (χ0n) is 9.48. The smallest absolute Gasteiger partial charge is 0.0885 e. The Balaban J connectivity index is 1.90. The highest BCUT2D eigenvalue weighted by molar-refractivity contribution is 5.82. The van der Waals surface area contributed by atoms with Crippen molar-refractivity contribution in [1.29, 1.82) is 5.26 Å². The van der Waals surface area contributed by atoms with Crippen LogP contribution in [0.4, 0.5) is 0 Å². The lowest BCUT2D eigenvalue weighted by Crippen LogP contribution is -2.07. The molecule has 1 unspecified atom stereocenters. The number of aromatic nitrogens is 1. The Morgan fingerprint density at radius 2 is 2.06 bits per heavy atom. The fourth-order valence-electron chi connectivity index (χ4n) is 3.20. The molecule has 2 aromatic rings. The van der Waals surface area contributed by atoms with Gasteiger partial charge in [-0.15, -0.1) is 0 Å². The van der Waals surface area contributed by atoms with Crippen LogP contribution in [0, 0.1) is 16.7 Å². The topological polar surface area (TPSA) is 36.7 Å². The minimum atomic E-state index is -0.176. The second-order valence-corrected chi connectivity index (χ2v) is 5.41. The maximum absolute atomic E-state index is 9.50. The molecule has 0 radical (unpaired) electrons. The van der Waals surface area contributed by atoms with Gasteiger partial charge in [-0.25, -0.2) is 0 Å². The molecule has 1 heterocycles. The van der Waals surface area contributed by atoms with E-state index in [0.29, 0.717) is 5.41 Å². The van der Waals surface area contributed by atoms with Gasteiger partial charge in [0.1, 0.15) is 0 Å². The van der Waals surface area contributed by atoms with Crippen LogP contribution in [0.15, 0.2) is 36.7 Å². The summed E-state index contributed by atoms with van der Waals surface area (Å²) in [6.45, 7) is 0. The highest BCUT2D eigenvalue weighted by Crippen LogP contribution is 2.78. The minimum absolute atomic E-state index is 0.176. The molecule has 4 rings (SSSR count). The van der Waals surface area contributed by atoms with Crippen molar-refractivity contribution in [3.63, 3.8) is 0 Å². The molecular formula is C15H12N2. The van der Waals surface area contributed by atoms with Crippen LogP contribution in [0.2, 0.25) is 0 Å². The zero-order chi connectivity index (χ0) is 11.5. The average molecular weight is 220 g/mol. The summed E-state index contributed by atoms with van der Waals surface area (Å²) in [5, 5.41) is 11.8. The van der Waals surface area contributed by atoms with E-state index in [-0.39, 0.29) is 5.41 Å². The van der Waals surface area contributed by atoms with Gasteiger partial charge in [-0.05, 0) is 47.8 Å². The third-order valence-corrected chi connectivity index (χ3v) is 4.56. The summed E-state index contributed by atoms with van der Waals surface area (Å²) in [4.78, 5) is 4.12. The third kappa shape index (κ3) is 1.02. The van der Waals surface area contributed by atoms with E-state index in [2.05, 4.69) is 29.3 Å². The zero-order valence-corrected chi connectivity index (χ0v) is 9.48. The van der Waals surface area contributed by atoms with E-state index in [0.717, 1.165) is 11.8 Å². The van der Waals surface area contributed by atoms with Crippen LogP contribution < -0.4 is 0 Å². The summed E-state index contributed by atoms with van der Waals surface area (Å²) in [6, 6.07) is 11.0. The van der Waals surface area contributed by atoms with Crippen molar-refractivity contribution in [2.45, 2.75) is 24.7 Å². The molecule has 0 saturated heterocycles. The first-order chi connectivity index (χ1) is 8.30. The van der Waals surface area contributed by atoms with Crippen molar-refractivity contribution in [3.8, 4) is 6.07 Å². The number of fused-ring (bicyclic) bond motifs is 1. The first kappa shape index (κ1) is 9.18. The van der Waals surface area contributed by atoms with Gasteiger partial charge < -0.3 is 0 Å². The van der Waals surface area contributed by atoms with Crippen molar-refractivity contribution in [1.82, 2.24) is 4.98 Å². The molecule has 2 aliphatic rings. The largest absolute Gasteiger partial charge is 0.264 e. The van der Waals surface area contributed by atoms with E-state index in [1.54, 1.807) is 0 Å². The Morgan fingerprint density at radius 1 is 1.18 bits per heavy atom. The monoisotopic (exact) mass is 220 g/mol. The van der Waals surface area contributed by atoms with Gasteiger partial charge in [0.05, 0.1) is 11.5 Å². The van der Waals surface area contributed by atoms with Crippen LogP contribution in [0.1, 0.15) is 24.8 Å². The molecule has 2 nitrogen and oxygen atoms in total. The summed E-state index contributed by atoms with van der Waals surface area (Å²) in [5.74, 6) is 0. The molecule has 2 aliphatic carbocycles. The Labute approximate surface area is 99.9 Å². The molecule has 82 valence electrons. The first-order valence-corrected chi connectivity index (χ1v) is 6.05. The number of pyridine rings is 1. The molecule has 1 aromatic carbocycles. The number of rotatable bonds is 1. The van der Waals surface area contributed by atoms with Crippen molar-refractivity contribution >= 4 is 10.8 Å². The van der Waals surface area contributed by atoms with Crippen LogP contribution in [0.5, 0.6) is 0 Å². The molecule has 0 amide bonds. The molecule has 0 bridgehead atoms. The summed E-state index contributed by atoms with van der Waals surface area (Å²) < 4.78 is 0. The minimum Gasteiger partial charge on any atom is -0.264 e. The number of nitrogens with zero attached hydrogens (tertiary/aromatic N) is 2. The summed E-state index contributed by atoms with van der Waals surface area (Å²) in [5.41, 5.74) is 1.38. The average Bonchev–Trinajstić information content (AvgIpc) is 3.29. The second-order valence-electron chi connectivity index (χ2n) is 5.41. The fraction of sp³-hybridized carbons (Fsp3) is 0.333. The molecule has 1 atom stereocenters. The number of nitriles is 1. The lowest BCUT2D eigenvalue weighted by molar-refractivity contribution is 0.738. The molecular weight excluding hydrogens is 208 g/mol. The molecule has 0 aliphatic heterocycles. The van der Waals surface area contributed by atoms with Crippen molar-refractivity contribution in [2.24, 2.45) is 5.41 Å². The maximum atomic E-state index is 9.50. The SMILES string of the molecule is N#CC1(c2ccc3cnccc3c2)CC12CC2. The van der Waals surface area contributed by atoms with Crippen molar-refractivity contribution < 1.29 is 0 Å². The predicted molar refractivity (Wildman–Crippen MR) is 65.3 cm³/mol. The van der Waals surface area contributed by atoms with E-state index in [9.17, 15) is 5.26 Å². The predicted octanol–water partition coefficient (Wildman–Crippen LogP) is 3.18. The van der Waals surface area contributed by atoms with E-state index in [1.165, 1.54) is 23.8 Å². The molecule has 1 aromatic heterocycles. The van der Waals surface area contributed by atoms with Gasteiger partial charge in [-0.1, -0.05) is 12.1 Å². The highest BCUT2D eigenvalue weighted by Gasteiger charge is 2.75. The Kier molecular flexibility index (Phi) is 1.45. The van der Waals surface area contributed by atoms with Gasteiger partial charge in [0, 0.05) is 17.8 Å². The normalized spacial score (nSPS) is 27.9. The molecule has 1 spiro atoms. The third-order valence-electron chi connectivity index (χ3n) is 4.56. The standard InChI is InChI=1S/C15H12N2/c16-10-15(9-14(15)4-5-14)13-2-1-12-8-17-6-3-11(12)7-13/h1-3,6-8H,4-5,9H2. The molecule has 2 fully saturated rings. The summed E-state index contributed by atoms with van der Waals surface area (Å²) in [6.07, 6.45) is 7.21. The van der Waals surface area contributed by atoms with Gasteiger partial charge in [0.2, 0.25) is 0 Å². The highest BCUT2D eigenvalue weighted by atomic mass is 14.8. The van der Waals surface area contributed by atoms with Crippen LogP contribution in [0.25, 0.3) is 10.8 Å². The summed E-state index contributed by atoms with van der Waals surface area (Å²) in [7, 11) is 0. The van der Waals surface area contributed by atoms with Crippen molar-refractivity contribution in [3.05, 3.63) is 42.2 Å². The van der Waals surface area contributed by atoms with Gasteiger partial charge in [0.15, 0.2) is 0 Å². The van der Waals surface area contributed by atoms with Gasteiger partial charge >= 0.3 is 0 Å². The second kappa shape index (κ2) is 2.68. The van der Waals surface area contributed by atoms with E-state index < -0.39 is 0 Å². The van der Waals surface area contributed by atoms with Crippen LogP contribution in [0.3, 0.4) is 0 Å². The fourth-order valence-corrected chi connectivity index (χ4v) is 3.20. The van der Waals surface area contributed by atoms with E-state index >= 15 is 0 Å². The Morgan fingerprint density at radius 3 is 2.76 bits per heavy atom. The van der Waals surface area contributed by atoms with Crippen LogP contribution in [-0.4, -0.2) is 4.98 Å². The quantitative estimate of drug-likeness (QED) is 0.740.